The van der Waals surface area contributed by atoms with Gasteiger partial charge in [0.05, 0.1) is 68.1 Å². The quantitative estimate of drug-likeness (QED) is 0.181. The number of benzene rings is 6. The number of ether oxygens (including phenoxy) is 1. The Morgan fingerprint density at radius 2 is 1.15 bits per heavy atom. The number of aromatic nitrogens is 4. The van der Waals surface area contributed by atoms with Crippen molar-refractivity contribution in [3.05, 3.63) is 192 Å². The maximum atomic E-state index is 9.89. The highest BCUT2D eigenvalue weighted by Gasteiger charge is 2.54. The monoisotopic (exact) mass is 689 g/mol. The molecule has 5 heterocycles. The molecule has 0 saturated carbocycles. The largest absolute Gasteiger partial charge is 0.457 e. The second-order valence-corrected chi connectivity index (χ2v) is 14.1. The van der Waals surface area contributed by atoms with Gasteiger partial charge in [0.1, 0.15) is 11.5 Å². The van der Waals surface area contributed by atoms with Crippen LogP contribution < -0.4 is 4.74 Å². The molecule has 0 saturated heterocycles. The molecular weight excluding hydrogens is 663 g/mol. The Morgan fingerprint density at radius 3 is 1.93 bits per heavy atom. The predicted molar refractivity (Wildman–Crippen MR) is 213 cm³/mol. The van der Waals surface area contributed by atoms with Crippen molar-refractivity contribution < 1.29 is 4.74 Å². The van der Waals surface area contributed by atoms with Gasteiger partial charge in [-0.3, -0.25) is 9.97 Å². The molecule has 1 spiro atoms. The van der Waals surface area contributed by atoms with Crippen molar-refractivity contribution in [1.82, 2.24) is 19.1 Å². The van der Waals surface area contributed by atoms with Gasteiger partial charge in [0.25, 0.3) is 0 Å². The minimum Gasteiger partial charge on any atom is -0.457 e. The number of pyridine rings is 2. The van der Waals surface area contributed by atoms with Gasteiger partial charge >= 0.3 is 0 Å². The summed E-state index contributed by atoms with van der Waals surface area (Å²) in [5.74, 6) is 1.57. The fourth-order valence-electron chi connectivity index (χ4n) is 9.44. The first kappa shape index (κ1) is 29.1. The fourth-order valence-corrected chi connectivity index (χ4v) is 9.44. The van der Waals surface area contributed by atoms with E-state index in [1.165, 1.54) is 10.8 Å². The van der Waals surface area contributed by atoms with Crippen LogP contribution in [-0.2, 0) is 5.41 Å². The van der Waals surface area contributed by atoms with Gasteiger partial charge in [0.2, 0.25) is 0 Å². The average molecular weight is 690 g/mol. The predicted octanol–water partition coefficient (Wildman–Crippen LogP) is 11.0. The molecule has 1 aliphatic carbocycles. The SMILES string of the molecule is N#Cc1ccc2c(c1)c1ccccc1n2-c1cccc2c1C1(c3ccccc3O2)c2cccnc2-c2ncc(-n3c4ccccc4c4ccccc43)cc21. The normalized spacial score (nSPS) is 15.2. The first-order chi connectivity index (χ1) is 26.8. The smallest absolute Gasteiger partial charge is 0.134 e. The number of nitriles is 1. The zero-order valence-electron chi connectivity index (χ0n) is 28.7. The van der Waals surface area contributed by atoms with E-state index in [2.05, 4.69) is 143 Å². The van der Waals surface area contributed by atoms with Crippen molar-refractivity contribution in [2.45, 2.75) is 5.41 Å². The highest BCUT2D eigenvalue weighted by Crippen LogP contribution is 2.63. The number of fused-ring (bicyclic) bond motifs is 15. The van der Waals surface area contributed by atoms with Gasteiger partial charge in [0.15, 0.2) is 0 Å². The van der Waals surface area contributed by atoms with Crippen LogP contribution in [-0.4, -0.2) is 19.1 Å². The molecule has 6 nitrogen and oxygen atoms in total. The zero-order chi connectivity index (χ0) is 35.5. The van der Waals surface area contributed by atoms with E-state index in [4.69, 9.17) is 14.7 Å². The van der Waals surface area contributed by atoms with E-state index in [1.54, 1.807) is 0 Å². The Bertz CT molecular complexity index is 3240. The summed E-state index contributed by atoms with van der Waals surface area (Å²) in [6.07, 6.45) is 3.86. The third-order valence-electron chi connectivity index (χ3n) is 11.5. The van der Waals surface area contributed by atoms with Crippen molar-refractivity contribution in [2.24, 2.45) is 0 Å². The molecule has 4 aromatic heterocycles. The number of hydrogen-bond donors (Lipinski definition) is 0. The van der Waals surface area contributed by atoms with Gasteiger partial charge < -0.3 is 13.9 Å². The first-order valence-corrected chi connectivity index (χ1v) is 18.0. The van der Waals surface area contributed by atoms with Gasteiger partial charge in [0, 0.05) is 44.4 Å². The van der Waals surface area contributed by atoms with E-state index in [9.17, 15) is 5.26 Å². The van der Waals surface area contributed by atoms with Gasteiger partial charge in [-0.05, 0) is 72.3 Å². The van der Waals surface area contributed by atoms with E-state index < -0.39 is 5.41 Å². The molecule has 2 aliphatic rings. The van der Waals surface area contributed by atoms with Crippen LogP contribution in [0.4, 0.5) is 0 Å². The van der Waals surface area contributed by atoms with Gasteiger partial charge in [-0.1, -0.05) is 84.9 Å². The summed E-state index contributed by atoms with van der Waals surface area (Å²) < 4.78 is 11.6. The standard InChI is InChI=1S/C48H27N5O/c49-27-29-22-23-41-34(25-29)33-13-3-7-18-40(33)53(41)42-19-9-21-44-45(42)48(35-14-4-8-20-43(35)54-44)36-15-10-24-50-46(36)47-37(48)26-30(28-51-47)52-38-16-5-1-11-31(38)32-12-2-6-17-39(32)52/h1-26,28H. The van der Waals surface area contributed by atoms with Gasteiger partial charge in [-0.15, -0.1) is 0 Å². The van der Waals surface area contributed by atoms with Crippen molar-refractivity contribution in [1.29, 1.82) is 5.26 Å². The lowest BCUT2D eigenvalue weighted by molar-refractivity contribution is 0.435. The molecule has 6 aromatic carbocycles. The second kappa shape index (κ2) is 10.5. The van der Waals surface area contributed by atoms with Crippen LogP contribution >= 0.6 is 0 Å². The lowest BCUT2D eigenvalue weighted by atomic mass is 9.65. The van der Waals surface area contributed by atoms with E-state index in [0.717, 1.165) is 89.4 Å². The van der Waals surface area contributed by atoms with Crippen molar-refractivity contribution in [2.75, 3.05) is 0 Å². The summed E-state index contributed by atoms with van der Waals surface area (Å²) in [4.78, 5) is 10.4. The number of para-hydroxylation sites is 4. The molecule has 0 N–H and O–H groups in total. The van der Waals surface area contributed by atoms with Crippen molar-refractivity contribution in [3.8, 4) is 40.3 Å². The molecule has 0 bridgehead atoms. The zero-order valence-corrected chi connectivity index (χ0v) is 28.7. The molecule has 250 valence electrons. The molecule has 1 unspecified atom stereocenters. The van der Waals surface area contributed by atoms with Gasteiger partial charge in [-0.2, -0.15) is 5.26 Å². The maximum absolute atomic E-state index is 9.89. The number of rotatable bonds is 2. The lowest BCUT2D eigenvalue weighted by Gasteiger charge is -2.40. The van der Waals surface area contributed by atoms with Crippen LogP contribution in [0.1, 0.15) is 27.8 Å². The van der Waals surface area contributed by atoms with Crippen molar-refractivity contribution in [3.63, 3.8) is 0 Å². The van der Waals surface area contributed by atoms with E-state index in [0.29, 0.717) is 5.56 Å². The number of hydrogen-bond acceptors (Lipinski definition) is 4. The van der Waals surface area contributed by atoms with Gasteiger partial charge in [-0.25, -0.2) is 0 Å². The van der Waals surface area contributed by atoms with Crippen molar-refractivity contribution >= 4 is 43.6 Å². The number of nitrogens with zero attached hydrogens (tertiary/aromatic N) is 5. The summed E-state index contributed by atoms with van der Waals surface area (Å²) in [5.41, 5.74) is 11.9. The van der Waals surface area contributed by atoms with E-state index in [-0.39, 0.29) is 0 Å². The fraction of sp³-hybridized carbons (Fsp3) is 0.0208. The Morgan fingerprint density at radius 1 is 0.519 bits per heavy atom. The molecule has 0 radical (unpaired) electrons. The van der Waals surface area contributed by atoms with Crippen LogP contribution in [0.5, 0.6) is 11.5 Å². The molecule has 1 atom stereocenters. The Labute approximate surface area is 309 Å². The summed E-state index contributed by atoms with van der Waals surface area (Å²) in [7, 11) is 0. The van der Waals surface area contributed by atoms with E-state index in [1.807, 2.05) is 36.7 Å². The molecule has 12 rings (SSSR count). The first-order valence-electron chi connectivity index (χ1n) is 18.0. The Kier molecular flexibility index (Phi) is 5.68. The lowest BCUT2D eigenvalue weighted by Crippen LogP contribution is -2.33. The van der Waals surface area contributed by atoms with Crippen LogP contribution in [0.2, 0.25) is 0 Å². The van der Waals surface area contributed by atoms with E-state index >= 15 is 0 Å². The molecule has 0 amide bonds. The average Bonchev–Trinajstić information content (AvgIpc) is 3.85. The highest BCUT2D eigenvalue weighted by molar-refractivity contribution is 6.11. The third-order valence-corrected chi connectivity index (χ3v) is 11.5. The molecule has 10 aromatic rings. The second-order valence-electron chi connectivity index (χ2n) is 14.1. The summed E-state index contributed by atoms with van der Waals surface area (Å²) >= 11 is 0. The molecule has 54 heavy (non-hydrogen) atoms. The summed E-state index contributed by atoms with van der Waals surface area (Å²) in [5, 5.41) is 14.4. The van der Waals surface area contributed by atoms with Crippen LogP contribution in [0.25, 0.3) is 66.4 Å². The van der Waals surface area contributed by atoms with Crippen LogP contribution in [0.15, 0.2) is 164 Å². The minimum absolute atomic E-state index is 0.627. The Balaban J connectivity index is 1.24. The van der Waals surface area contributed by atoms with Crippen LogP contribution in [0.3, 0.4) is 0 Å². The summed E-state index contributed by atoms with van der Waals surface area (Å²) in [6.45, 7) is 0. The van der Waals surface area contributed by atoms with Crippen LogP contribution in [0, 0.1) is 11.3 Å². The topological polar surface area (TPSA) is 68.7 Å². The third kappa shape index (κ3) is 3.58. The highest BCUT2D eigenvalue weighted by atomic mass is 16.5. The maximum Gasteiger partial charge on any atom is 0.134 e. The molecular formula is C48H27N5O. The Hall–Kier alpha value is -7.49. The molecule has 0 fully saturated rings. The molecule has 1 aliphatic heterocycles. The minimum atomic E-state index is -0.842. The summed E-state index contributed by atoms with van der Waals surface area (Å²) in [6, 6.07) is 55.2. The molecule has 6 heteroatoms.